The number of unbranched alkanes of at least 4 members (excludes halogenated alkanes) is 3. The van der Waals surface area contributed by atoms with E-state index in [1.807, 2.05) is 34.6 Å². The monoisotopic (exact) mass is 580 g/mol. The van der Waals surface area contributed by atoms with E-state index in [1.165, 1.54) is 22.9 Å². The van der Waals surface area contributed by atoms with Crippen molar-refractivity contribution in [1.82, 2.24) is 14.9 Å². The first-order valence-corrected chi connectivity index (χ1v) is 14.8. The first kappa shape index (κ1) is 39.0. The Morgan fingerprint density at radius 3 is 2.44 bits per heavy atom. The number of carbonyl (C=O) groups is 1. The maximum absolute atomic E-state index is 12.3. The Balaban J connectivity index is 0. The number of amides is 1. The zero-order valence-corrected chi connectivity index (χ0v) is 25.2. The average molecular weight is 581 g/mol. The quantitative estimate of drug-likeness (QED) is 0.131. The van der Waals surface area contributed by atoms with Crippen molar-refractivity contribution in [2.45, 2.75) is 79.1 Å². The number of nitrogens with two attached hydrogens (primary N) is 1. The van der Waals surface area contributed by atoms with Crippen molar-refractivity contribution in [3.8, 4) is 0 Å². The van der Waals surface area contributed by atoms with Crippen LogP contribution in [0.1, 0.15) is 78.5 Å². The lowest BCUT2D eigenvalue weighted by molar-refractivity contribution is -0.116. The molecule has 1 aromatic rings. The van der Waals surface area contributed by atoms with E-state index in [0.29, 0.717) is 19.5 Å². The molecule has 1 saturated heterocycles. The van der Waals surface area contributed by atoms with Crippen LogP contribution < -0.4 is 22.3 Å². The van der Waals surface area contributed by atoms with Gasteiger partial charge in [-0.25, -0.2) is 9.36 Å². The molecule has 1 aliphatic heterocycles. The number of hydrogen-bond donors (Lipinski definition) is 5. The predicted octanol–water partition coefficient (Wildman–Crippen LogP) is 2.53. The fourth-order valence-corrected chi connectivity index (χ4v) is 3.80. The number of aromatic nitrogens is 2. The number of aliphatic hydroxyl groups is 1. The molecule has 4 unspecified atom stereocenters. The fourth-order valence-electron chi connectivity index (χ4n) is 3.36. The molecule has 39 heavy (non-hydrogen) atoms. The number of hydrogen-bond acceptors (Lipinski definition) is 9. The second-order valence-electron chi connectivity index (χ2n) is 7.87. The lowest BCUT2D eigenvalue weighted by Crippen LogP contribution is -2.33. The van der Waals surface area contributed by atoms with Crippen molar-refractivity contribution in [3.05, 3.63) is 38.7 Å². The summed E-state index contributed by atoms with van der Waals surface area (Å²) in [5, 5.41) is 9.74. The van der Waals surface area contributed by atoms with Crippen molar-refractivity contribution in [2.24, 2.45) is 11.7 Å². The molecule has 0 bridgehead atoms. The van der Waals surface area contributed by atoms with Crippen molar-refractivity contribution in [3.63, 3.8) is 0 Å². The number of nitrogens with zero attached hydrogens (tertiary/aromatic N) is 1. The Labute approximate surface area is 231 Å². The van der Waals surface area contributed by atoms with Crippen LogP contribution in [0, 0.1) is 5.92 Å². The summed E-state index contributed by atoms with van der Waals surface area (Å²) in [6.45, 7) is 10.8. The third kappa shape index (κ3) is 15.3. The molecule has 228 valence electrons. The minimum absolute atomic E-state index is 0.0969. The van der Waals surface area contributed by atoms with Gasteiger partial charge in [-0.1, -0.05) is 47.5 Å². The van der Waals surface area contributed by atoms with Gasteiger partial charge in [0.05, 0.1) is 18.3 Å². The fraction of sp³-hybridized carbons (Fsp3) is 0.720. The average Bonchev–Trinajstić information content (AvgIpc) is 3.32. The second-order valence-corrected chi connectivity index (χ2v) is 9.43. The number of nitrogens with one attached hydrogen (secondary N) is 2. The summed E-state index contributed by atoms with van der Waals surface area (Å²) in [5.41, 5.74) is 4.26. The molecule has 0 spiro atoms. The first-order valence-electron chi connectivity index (χ1n) is 13.3. The number of ether oxygens (including phenoxy) is 1. The summed E-state index contributed by atoms with van der Waals surface area (Å²) < 4.78 is 27.8. The predicted molar refractivity (Wildman–Crippen MR) is 152 cm³/mol. The van der Waals surface area contributed by atoms with E-state index in [0.717, 1.165) is 39.9 Å². The van der Waals surface area contributed by atoms with Gasteiger partial charge in [-0.2, -0.15) is 0 Å². The van der Waals surface area contributed by atoms with Crippen LogP contribution in [0.25, 0.3) is 6.08 Å². The molecule has 0 aliphatic carbocycles. The molecule has 1 fully saturated rings. The van der Waals surface area contributed by atoms with Gasteiger partial charge >= 0.3 is 13.5 Å². The van der Waals surface area contributed by atoms with Crippen molar-refractivity contribution >= 4 is 19.8 Å². The summed E-state index contributed by atoms with van der Waals surface area (Å²) >= 11 is 0. The molecule has 0 saturated carbocycles. The largest absolute Gasteiger partial charge is 0.472 e. The van der Waals surface area contributed by atoms with Gasteiger partial charge in [0.25, 0.3) is 5.56 Å². The summed E-state index contributed by atoms with van der Waals surface area (Å²) in [4.78, 5) is 48.1. The van der Waals surface area contributed by atoms with Crippen molar-refractivity contribution in [2.75, 3.05) is 33.9 Å². The molecular formula is C25H49N4O9P. The van der Waals surface area contributed by atoms with Crippen LogP contribution in [0.3, 0.4) is 0 Å². The number of phosphoric ester groups is 1. The number of aromatic amines is 1. The standard InChI is InChI=1S/C20H33N4O8P.2C2H6.CH4O/c1-14-11-18(32-16(14)13-31-33(28,29)30-2)24-12-15(19(26)23-20(24)27)7-8-17(25)22-10-6-4-3-5-9-21;3*1-2/h7-8,12,14,16,18H,3-6,9-11,13,21H2,1-2H3,(H,22,25)(H,28,29)(H,23,26,27);2*1-2H3;2H,1H3/b8-7+;;;. The van der Waals surface area contributed by atoms with Gasteiger partial charge in [-0.3, -0.25) is 28.2 Å². The van der Waals surface area contributed by atoms with Gasteiger partial charge in [0.2, 0.25) is 5.91 Å². The van der Waals surface area contributed by atoms with Gasteiger partial charge < -0.3 is 25.8 Å². The molecule has 1 amide bonds. The molecule has 2 rings (SSSR count). The third-order valence-electron chi connectivity index (χ3n) is 5.32. The second kappa shape index (κ2) is 22.7. The lowest BCUT2D eigenvalue weighted by atomic mass is 10.0. The highest BCUT2D eigenvalue weighted by Gasteiger charge is 2.36. The highest BCUT2D eigenvalue weighted by molar-refractivity contribution is 7.47. The number of aliphatic hydroxyl groups excluding tert-OH is 1. The topological polar surface area (TPSA) is 195 Å². The number of H-pyrrole nitrogens is 1. The zero-order valence-electron chi connectivity index (χ0n) is 24.3. The third-order valence-corrected chi connectivity index (χ3v) is 6.26. The molecule has 6 N–H and O–H groups in total. The summed E-state index contributed by atoms with van der Waals surface area (Å²) in [5.74, 6) is -0.444. The normalized spacial score (nSPS) is 19.5. The van der Waals surface area contributed by atoms with E-state index < -0.39 is 31.4 Å². The van der Waals surface area contributed by atoms with Crippen molar-refractivity contribution in [1.29, 1.82) is 0 Å². The van der Waals surface area contributed by atoms with E-state index in [-0.39, 0.29) is 24.0 Å². The van der Waals surface area contributed by atoms with Crippen LogP contribution in [0.15, 0.2) is 21.9 Å². The molecule has 0 aromatic carbocycles. The van der Waals surface area contributed by atoms with E-state index in [1.54, 1.807) is 0 Å². The van der Waals surface area contributed by atoms with Crippen molar-refractivity contribution < 1.29 is 33.1 Å². The first-order chi connectivity index (χ1) is 18.7. The van der Waals surface area contributed by atoms with E-state index >= 15 is 0 Å². The molecule has 2 heterocycles. The molecular weight excluding hydrogens is 531 g/mol. The van der Waals surface area contributed by atoms with Crippen LogP contribution >= 0.6 is 7.82 Å². The molecule has 13 nitrogen and oxygen atoms in total. The maximum atomic E-state index is 12.3. The SMILES string of the molecule is CC.CC.CO.COP(=O)(O)OCC1OC(n2cc(/C=C/C(=O)NCCCCCCN)c(=O)[nH]c2=O)CC1C. The Bertz CT molecular complexity index is 981. The Morgan fingerprint density at radius 1 is 1.23 bits per heavy atom. The van der Waals surface area contributed by atoms with Crippen LogP contribution in [0.4, 0.5) is 0 Å². The van der Waals surface area contributed by atoms with E-state index in [2.05, 4.69) is 14.8 Å². The van der Waals surface area contributed by atoms with Gasteiger partial charge in [-0.15, -0.1) is 0 Å². The lowest BCUT2D eigenvalue weighted by Gasteiger charge is -2.18. The molecule has 1 aromatic heterocycles. The number of rotatable bonds is 13. The minimum atomic E-state index is -4.15. The van der Waals surface area contributed by atoms with Gasteiger partial charge in [0, 0.05) is 33.0 Å². The highest BCUT2D eigenvalue weighted by atomic mass is 31.2. The number of carbonyl (C=O) groups excluding carboxylic acids is 1. The van der Waals surface area contributed by atoms with Crippen LogP contribution in [0.5, 0.6) is 0 Å². The number of phosphoric acid groups is 1. The van der Waals surface area contributed by atoms with Gasteiger partial charge in [0.1, 0.15) is 6.23 Å². The summed E-state index contributed by atoms with van der Waals surface area (Å²) in [7, 11) is -2.09. The summed E-state index contributed by atoms with van der Waals surface area (Å²) in [6.07, 6.45) is 6.81. The van der Waals surface area contributed by atoms with Crippen LogP contribution in [-0.2, 0) is 23.1 Å². The Hall–Kier alpha value is -2.12. The van der Waals surface area contributed by atoms with Gasteiger partial charge in [-0.05, 0) is 37.8 Å². The smallest absolute Gasteiger partial charge is 0.400 e. The molecule has 0 radical (unpaired) electrons. The van der Waals surface area contributed by atoms with E-state index in [9.17, 15) is 23.8 Å². The minimum Gasteiger partial charge on any atom is -0.400 e. The maximum Gasteiger partial charge on any atom is 0.472 e. The zero-order chi connectivity index (χ0) is 30.4. The van der Waals surface area contributed by atoms with Gasteiger partial charge in [0.15, 0.2) is 0 Å². The van der Waals surface area contributed by atoms with Crippen LogP contribution in [0.2, 0.25) is 0 Å². The van der Waals surface area contributed by atoms with Crippen LogP contribution in [-0.4, -0.2) is 65.5 Å². The molecule has 4 atom stereocenters. The van der Waals surface area contributed by atoms with E-state index in [4.69, 9.17) is 20.1 Å². The molecule has 1 aliphatic rings. The summed E-state index contributed by atoms with van der Waals surface area (Å²) in [6, 6.07) is 0. The Morgan fingerprint density at radius 2 is 1.85 bits per heavy atom. The Kier molecular flexibility index (Phi) is 22.7. The molecule has 14 heteroatoms. The highest BCUT2D eigenvalue weighted by Crippen LogP contribution is 2.43.